The molecule has 0 amide bonds. The van der Waals surface area contributed by atoms with Gasteiger partial charge in [-0.25, -0.2) is 0 Å². The zero-order chi connectivity index (χ0) is 28.9. The van der Waals surface area contributed by atoms with Crippen molar-refractivity contribution in [3.63, 3.8) is 0 Å². The molecule has 0 aromatic heterocycles. The van der Waals surface area contributed by atoms with Crippen molar-refractivity contribution in [2.24, 2.45) is 23.7 Å². The number of carboxylic acids is 1. The number of aromatic hydroxyl groups is 1. The van der Waals surface area contributed by atoms with Gasteiger partial charge < -0.3 is 14.9 Å². The Kier molecular flexibility index (Phi) is 13.8. The van der Waals surface area contributed by atoms with E-state index in [1.165, 1.54) is 133 Å². The number of benzene rings is 1. The molecule has 0 saturated heterocycles. The van der Waals surface area contributed by atoms with Gasteiger partial charge in [0.25, 0.3) is 0 Å². The Morgan fingerprint density at radius 1 is 0.732 bits per heavy atom. The maximum absolute atomic E-state index is 10.5. The van der Waals surface area contributed by atoms with Crippen LogP contribution in [0.5, 0.6) is 5.75 Å². The largest absolute Gasteiger partial charge is 0.508 e. The van der Waals surface area contributed by atoms with Gasteiger partial charge in [0.05, 0.1) is 6.61 Å². The lowest BCUT2D eigenvalue weighted by molar-refractivity contribution is -0.137. The van der Waals surface area contributed by atoms with E-state index in [1.54, 1.807) is 0 Å². The van der Waals surface area contributed by atoms with E-state index in [0.717, 1.165) is 43.1 Å². The van der Waals surface area contributed by atoms with Gasteiger partial charge in [0, 0.05) is 19.4 Å². The molecule has 2 N–H and O–H groups in total. The molecule has 4 nitrogen and oxygen atoms in total. The van der Waals surface area contributed by atoms with Crippen molar-refractivity contribution in [3.8, 4) is 5.75 Å². The van der Waals surface area contributed by atoms with Crippen molar-refractivity contribution in [3.05, 3.63) is 29.3 Å². The lowest BCUT2D eigenvalue weighted by atomic mass is 9.58. The number of phenols is 1. The normalized spacial score (nSPS) is 26.9. The van der Waals surface area contributed by atoms with Gasteiger partial charge in [-0.05, 0) is 91.4 Å². The summed E-state index contributed by atoms with van der Waals surface area (Å²) in [5.74, 6) is 4.52. The summed E-state index contributed by atoms with van der Waals surface area (Å²) in [4.78, 5) is 10.5. The molecule has 4 rings (SSSR count). The zero-order valence-corrected chi connectivity index (χ0v) is 26.2. The van der Waals surface area contributed by atoms with Gasteiger partial charge in [-0.3, -0.25) is 4.79 Å². The van der Waals surface area contributed by atoms with Gasteiger partial charge in [-0.1, -0.05) is 102 Å². The number of aliphatic carboxylic acids is 1. The van der Waals surface area contributed by atoms with Crippen LogP contribution >= 0.6 is 0 Å². The third kappa shape index (κ3) is 9.73. The average molecular weight is 569 g/mol. The summed E-state index contributed by atoms with van der Waals surface area (Å²) in [6, 6.07) is 6.17. The first kappa shape index (κ1) is 32.4. The zero-order valence-electron chi connectivity index (χ0n) is 26.2. The standard InChI is InChI=1S/C37H60O4/c1-41-27-29-25-36-32-21-19-28(31(32)23-24-34(36)33-22-20-30(38)26-35(29)33)17-15-13-11-9-7-5-3-2-4-6-8-10-12-14-16-18-37(39)40/h20,22,26,28-29,31-32,34,36,38H,2-19,21,23-25,27H2,1H3,(H,39,40)/t28-,29-,31?,32-,34+,36-/m0/s1. The molecule has 2 fully saturated rings. The molecule has 0 radical (unpaired) electrons. The third-order valence-corrected chi connectivity index (χ3v) is 11.2. The van der Waals surface area contributed by atoms with Crippen LogP contribution in [0.1, 0.15) is 164 Å². The molecule has 3 aliphatic carbocycles. The molecular formula is C37H60O4. The van der Waals surface area contributed by atoms with Crippen molar-refractivity contribution < 1.29 is 19.7 Å². The van der Waals surface area contributed by atoms with E-state index in [2.05, 4.69) is 6.07 Å². The highest BCUT2D eigenvalue weighted by molar-refractivity contribution is 5.66. The number of fused-ring (bicyclic) bond motifs is 5. The Labute approximate surface area is 251 Å². The first-order chi connectivity index (χ1) is 20.1. The minimum Gasteiger partial charge on any atom is -0.508 e. The molecule has 6 atom stereocenters. The van der Waals surface area contributed by atoms with E-state index in [1.807, 2.05) is 19.2 Å². The summed E-state index contributed by atoms with van der Waals surface area (Å²) in [6.45, 7) is 0.777. The summed E-state index contributed by atoms with van der Waals surface area (Å²) >= 11 is 0. The molecule has 0 aliphatic heterocycles. The monoisotopic (exact) mass is 568 g/mol. The second kappa shape index (κ2) is 17.5. The van der Waals surface area contributed by atoms with E-state index in [9.17, 15) is 9.90 Å². The number of phenolic OH excluding ortho intramolecular Hbond substituents is 1. The fourth-order valence-electron chi connectivity index (χ4n) is 9.18. The fourth-order valence-corrected chi connectivity index (χ4v) is 9.18. The molecule has 0 heterocycles. The number of carboxylic acid groups (broad SMARTS) is 1. The Balaban J connectivity index is 1.03. The summed E-state index contributed by atoms with van der Waals surface area (Å²) in [5.41, 5.74) is 2.88. The summed E-state index contributed by atoms with van der Waals surface area (Å²) in [5, 5.41) is 18.8. The molecular weight excluding hydrogens is 508 g/mol. The predicted molar refractivity (Wildman–Crippen MR) is 169 cm³/mol. The molecule has 232 valence electrons. The molecule has 3 aliphatic rings. The van der Waals surface area contributed by atoms with Gasteiger partial charge >= 0.3 is 5.97 Å². The van der Waals surface area contributed by atoms with Crippen LogP contribution in [0.2, 0.25) is 0 Å². The summed E-state index contributed by atoms with van der Waals surface area (Å²) in [6.07, 6.45) is 28.5. The van der Waals surface area contributed by atoms with Crippen molar-refractivity contribution in [1.82, 2.24) is 0 Å². The van der Waals surface area contributed by atoms with Crippen LogP contribution in [0.4, 0.5) is 0 Å². The average Bonchev–Trinajstić information content (AvgIpc) is 3.38. The van der Waals surface area contributed by atoms with E-state index < -0.39 is 5.97 Å². The number of methoxy groups -OCH3 is 1. The van der Waals surface area contributed by atoms with Crippen LogP contribution in [-0.2, 0) is 9.53 Å². The number of hydrogen-bond donors (Lipinski definition) is 2. The topological polar surface area (TPSA) is 66.8 Å². The van der Waals surface area contributed by atoms with Crippen LogP contribution in [-0.4, -0.2) is 29.9 Å². The van der Waals surface area contributed by atoms with Crippen molar-refractivity contribution in [2.75, 3.05) is 13.7 Å². The van der Waals surface area contributed by atoms with Crippen molar-refractivity contribution >= 4 is 5.97 Å². The third-order valence-electron chi connectivity index (χ3n) is 11.2. The number of rotatable bonds is 20. The van der Waals surface area contributed by atoms with Crippen LogP contribution in [0.15, 0.2) is 18.2 Å². The minimum absolute atomic E-state index is 0.336. The van der Waals surface area contributed by atoms with E-state index in [-0.39, 0.29) is 0 Å². The maximum Gasteiger partial charge on any atom is 0.303 e. The first-order valence-corrected chi connectivity index (χ1v) is 17.6. The Morgan fingerprint density at radius 3 is 1.93 bits per heavy atom. The number of unbranched alkanes of at least 4 members (excludes halogenated alkanes) is 14. The Morgan fingerprint density at radius 2 is 1.32 bits per heavy atom. The Hall–Kier alpha value is -1.55. The van der Waals surface area contributed by atoms with Gasteiger partial charge in [0.15, 0.2) is 0 Å². The summed E-state index contributed by atoms with van der Waals surface area (Å²) in [7, 11) is 1.82. The van der Waals surface area contributed by atoms with Crippen molar-refractivity contribution in [2.45, 2.75) is 153 Å². The molecule has 2 saturated carbocycles. The lowest BCUT2D eigenvalue weighted by Crippen LogP contribution is -2.37. The van der Waals surface area contributed by atoms with Crippen molar-refractivity contribution in [1.29, 1.82) is 0 Å². The molecule has 1 aromatic rings. The van der Waals surface area contributed by atoms with Crippen LogP contribution in [0.25, 0.3) is 0 Å². The van der Waals surface area contributed by atoms with Crippen LogP contribution in [0.3, 0.4) is 0 Å². The second-order valence-corrected chi connectivity index (χ2v) is 13.9. The second-order valence-electron chi connectivity index (χ2n) is 13.9. The van der Waals surface area contributed by atoms with E-state index >= 15 is 0 Å². The van der Waals surface area contributed by atoms with Gasteiger partial charge in [0.2, 0.25) is 0 Å². The maximum atomic E-state index is 10.5. The Bertz CT molecular complexity index is 897. The highest BCUT2D eigenvalue weighted by atomic mass is 16.5. The highest BCUT2D eigenvalue weighted by Gasteiger charge is 2.49. The minimum atomic E-state index is -0.655. The molecule has 1 unspecified atom stereocenters. The molecule has 0 bridgehead atoms. The quantitative estimate of drug-likeness (QED) is 0.154. The van der Waals surface area contributed by atoms with Crippen LogP contribution < -0.4 is 0 Å². The molecule has 4 heteroatoms. The molecule has 41 heavy (non-hydrogen) atoms. The lowest BCUT2D eigenvalue weighted by Gasteiger charge is -2.47. The van der Waals surface area contributed by atoms with Gasteiger partial charge in [-0.2, -0.15) is 0 Å². The smallest absolute Gasteiger partial charge is 0.303 e. The molecule has 0 spiro atoms. The number of ether oxygens (including phenoxy) is 1. The van der Waals surface area contributed by atoms with E-state index in [4.69, 9.17) is 9.84 Å². The summed E-state index contributed by atoms with van der Waals surface area (Å²) < 4.78 is 5.64. The van der Waals surface area contributed by atoms with E-state index in [0.29, 0.717) is 24.0 Å². The van der Waals surface area contributed by atoms with Crippen LogP contribution in [0, 0.1) is 23.7 Å². The van der Waals surface area contributed by atoms with Gasteiger partial charge in [0.1, 0.15) is 5.75 Å². The highest BCUT2D eigenvalue weighted by Crippen LogP contribution is 2.59. The fraction of sp³-hybridized carbons (Fsp3) is 0.811. The number of hydrogen-bond acceptors (Lipinski definition) is 3. The number of carbonyl (C=O) groups is 1. The predicted octanol–water partition coefficient (Wildman–Crippen LogP) is 10.4. The van der Waals surface area contributed by atoms with Gasteiger partial charge in [-0.15, -0.1) is 0 Å². The SMILES string of the molecule is COC[C@@H]1C[C@@H]2[C@H](CCC3[C@@H](CCCCCCCCCCCCCCCCCC(=O)O)CC[C@@H]32)c2ccc(O)cc21. The first-order valence-electron chi connectivity index (χ1n) is 17.6. The molecule has 1 aromatic carbocycles.